The summed E-state index contributed by atoms with van der Waals surface area (Å²) in [5, 5.41) is 10.2. The molecule has 0 aliphatic rings. The SMILES string of the molecule is CCOC(=O)C(C)(C(=O)C(C)C)N(O)C(=O)OCc1ccccc1. The standard InChI is InChI=1S/C17H23NO6/c1-5-23-15(20)17(4,14(19)12(2)3)18(22)16(21)24-11-13-9-7-6-8-10-13/h6-10,12,22H,5,11H2,1-4H3. The van der Waals surface area contributed by atoms with E-state index < -0.39 is 29.3 Å². The fourth-order valence-corrected chi connectivity index (χ4v) is 2.09. The predicted molar refractivity (Wildman–Crippen MR) is 85.1 cm³/mol. The van der Waals surface area contributed by atoms with Crippen LogP contribution >= 0.6 is 0 Å². The van der Waals surface area contributed by atoms with Crippen molar-refractivity contribution < 1.29 is 29.1 Å². The molecular weight excluding hydrogens is 314 g/mol. The van der Waals surface area contributed by atoms with Crippen LogP contribution in [0.2, 0.25) is 0 Å². The van der Waals surface area contributed by atoms with Crippen LogP contribution in [0.25, 0.3) is 0 Å². The summed E-state index contributed by atoms with van der Waals surface area (Å²) in [7, 11) is 0. The van der Waals surface area contributed by atoms with Crippen LogP contribution in [0.3, 0.4) is 0 Å². The highest BCUT2D eigenvalue weighted by Gasteiger charge is 2.51. The summed E-state index contributed by atoms with van der Waals surface area (Å²) in [6.07, 6.45) is -1.21. The molecule has 1 atom stereocenters. The van der Waals surface area contributed by atoms with Gasteiger partial charge in [0, 0.05) is 5.92 Å². The largest absolute Gasteiger partial charge is 0.464 e. The summed E-state index contributed by atoms with van der Waals surface area (Å²) in [6, 6.07) is 8.82. The molecule has 132 valence electrons. The van der Waals surface area contributed by atoms with Crippen LogP contribution in [-0.2, 0) is 25.7 Å². The third-order valence-electron chi connectivity index (χ3n) is 3.48. The van der Waals surface area contributed by atoms with Gasteiger partial charge < -0.3 is 9.47 Å². The van der Waals surface area contributed by atoms with Gasteiger partial charge in [0.05, 0.1) is 6.61 Å². The third kappa shape index (κ3) is 4.32. The molecule has 7 nitrogen and oxygen atoms in total. The lowest BCUT2D eigenvalue weighted by molar-refractivity contribution is -0.190. The van der Waals surface area contributed by atoms with E-state index in [-0.39, 0.29) is 18.3 Å². The van der Waals surface area contributed by atoms with Crippen molar-refractivity contribution in [3.05, 3.63) is 35.9 Å². The quantitative estimate of drug-likeness (QED) is 0.356. The van der Waals surface area contributed by atoms with Gasteiger partial charge in [0.1, 0.15) is 6.61 Å². The summed E-state index contributed by atoms with van der Waals surface area (Å²) in [5.74, 6) is -2.26. The number of hydrogen-bond donors (Lipinski definition) is 1. The summed E-state index contributed by atoms with van der Waals surface area (Å²) in [5.41, 5.74) is -1.47. The van der Waals surface area contributed by atoms with E-state index in [1.807, 2.05) is 6.07 Å². The van der Waals surface area contributed by atoms with E-state index in [2.05, 4.69) is 0 Å². The molecule has 0 saturated heterocycles. The Labute approximate surface area is 141 Å². The van der Waals surface area contributed by atoms with Crippen molar-refractivity contribution in [3.63, 3.8) is 0 Å². The summed E-state index contributed by atoms with van der Waals surface area (Å²) in [6.45, 7) is 5.72. The Morgan fingerprint density at radius 1 is 1.17 bits per heavy atom. The van der Waals surface area contributed by atoms with Crippen LogP contribution in [0.15, 0.2) is 30.3 Å². The van der Waals surface area contributed by atoms with Gasteiger partial charge in [-0.1, -0.05) is 44.2 Å². The molecule has 0 saturated carbocycles. The monoisotopic (exact) mass is 337 g/mol. The van der Waals surface area contributed by atoms with E-state index in [4.69, 9.17) is 9.47 Å². The van der Waals surface area contributed by atoms with Crippen molar-refractivity contribution >= 4 is 17.8 Å². The van der Waals surface area contributed by atoms with Gasteiger partial charge in [0.2, 0.25) is 5.54 Å². The highest BCUT2D eigenvalue weighted by Crippen LogP contribution is 2.22. The van der Waals surface area contributed by atoms with Crippen LogP contribution in [-0.4, -0.2) is 40.3 Å². The van der Waals surface area contributed by atoms with Crippen molar-refractivity contribution in [1.29, 1.82) is 0 Å². The highest BCUT2D eigenvalue weighted by atomic mass is 16.6. The number of hydrogen-bond acceptors (Lipinski definition) is 6. The second-order valence-corrected chi connectivity index (χ2v) is 5.66. The Bertz CT molecular complexity index is 586. The van der Waals surface area contributed by atoms with Crippen LogP contribution in [0, 0.1) is 5.92 Å². The van der Waals surface area contributed by atoms with Crippen molar-refractivity contribution in [1.82, 2.24) is 5.06 Å². The first-order chi connectivity index (χ1) is 11.2. The van der Waals surface area contributed by atoms with E-state index in [9.17, 15) is 19.6 Å². The number of ketones is 1. The maximum Gasteiger partial charge on any atom is 0.435 e. The van der Waals surface area contributed by atoms with Gasteiger partial charge >= 0.3 is 12.1 Å². The summed E-state index contributed by atoms with van der Waals surface area (Å²) < 4.78 is 9.81. The van der Waals surface area contributed by atoms with Gasteiger partial charge in [-0.25, -0.2) is 9.59 Å². The molecule has 0 bridgehead atoms. The fraction of sp³-hybridized carbons (Fsp3) is 0.471. The molecule has 1 rings (SSSR count). The number of rotatable bonds is 7. The number of Topliss-reactive ketones (excluding diaryl/α,β-unsaturated/α-hetero) is 1. The number of benzene rings is 1. The topological polar surface area (TPSA) is 93.1 Å². The number of hydroxylamine groups is 2. The van der Waals surface area contributed by atoms with Crippen LogP contribution in [0.5, 0.6) is 0 Å². The first-order valence-electron chi connectivity index (χ1n) is 7.66. The lowest BCUT2D eigenvalue weighted by atomic mass is 9.88. The minimum atomic E-state index is -2.17. The van der Waals surface area contributed by atoms with Crippen LogP contribution in [0.1, 0.15) is 33.3 Å². The van der Waals surface area contributed by atoms with E-state index in [0.29, 0.717) is 5.56 Å². The Morgan fingerprint density at radius 3 is 2.25 bits per heavy atom. The lowest BCUT2D eigenvalue weighted by Gasteiger charge is -2.33. The van der Waals surface area contributed by atoms with Gasteiger partial charge in [0.15, 0.2) is 5.78 Å². The van der Waals surface area contributed by atoms with Gasteiger partial charge in [-0.15, -0.1) is 0 Å². The Hall–Kier alpha value is -2.41. The average Bonchev–Trinajstić information content (AvgIpc) is 2.58. The summed E-state index contributed by atoms with van der Waals surface area (Å²) in [4.78, 5) is 36.7. The van der Waals surface area contributed by atoms with Crippen molar-refractivity contribution in [2.45, 2.75) is 39.8 Å². The molecule has 7 heteroatoms. The van der Waals surface area contributed by atoms with Gasteiger partial charge in [-0.2, -0.15) is 5.06 Å². The average molecular weight is 337 g/mol. The Balaban J connectivity index is 2.94. The van der Waals surface area contributed by atoms with Gasteiger partial charge in [-0.3, -0.25) is 10.0 Å². The van der Waals surface area contributed by atoms with Gasteiger partial charge in [-0.05, 0) is 19.4 Å². The number of carbonyl (C=O) groups is 3. The van der Waals surface area contributed by atoms with Crippen molar-refractivity contribution in [2.75, 3.05) is 6.61 Å². The zero-order chi connectivity index (χ0) is 18.3. The normalized spacial score (nSPS) is 13.1. The van der Waals surface area contributed by atoms with Crippen molar-refractivity contribution in [3.8, 4) is 0 Å². The molecule has 1 unspecified atom stereocenters. The maximum atomic E-state index is 12.4. The predicted octanol–water partition coefficient (Wildman–Crippen LogP) is 2.56. The second-order valence-electron chi connectivity index (χ2n) is 5.66. The molecule has 1 amide bonds. The first-order valence-corrected chi connectivity index (χ1v) is 7.66. The number of nitrogens with zero attached hydrogens (tertiary/aromatic N) is 1. The zero-order valence-corrected chi connectivity index (χ0v) is 14.3. The number of ether oxygens (including phenoxy) is 2. The fourth-order valence-electron chi connectivity index (χ4n) is 2.09. The highest BCUT2D eigenvalue weighted by molar-refractivity contribution is 6.10. The molecule has 0 aliphatic heterocycles. The lowest BCUT2D eigenvalue weighted by Crippen LogP contribution is -2.60. The first kappa shape index (κ1) is 19.6. The molecule has 0 aliphatic carbocycles. The molecule has 1 N–H and O–H groups in total. The maximum absolute atomic E-state index is 12.4. The number of carbonyl (C=O) groups excluding carboxylic acids is 3. The molecular formula is C17H23NO6. The minimum absolute atomic E-state index is 0.00665. The molecule has 0 fully saturated rings. The minimum Gasteiger partial charge on any atom is -0.464 e. The van der Waals surface area contributed by atoms with Crippen LogP contribution in [0.4, 0.5) is 4.79 Å². The van der Waals surface area contributed by atoms with E-state index in [1.54, 1.807) is 45.0 Å². The second kappa shape index (κ2) is 8.44. The van der Waals surface area contributed by atoms with E-state index in [0.717, 1.165) is 6.92 Å². The molecule has 1 aromatic carbocycles. The Morgan fingerprint density at radius 2 is 1.75 bits per heavy atom. The zero-order valence-electron chi connectivity index (χ0n) is 14.3. The molecule has 0 aromatic heterocycles. The van der Waals surface area contributed by atoms with Crippen molar-refractivity contribution in [2.24, 2.45) is 5.92 Å². The van der Waals surface area contributed by atoms with E-state index in [1.165, 1.54) is 0 Å². The van der Waals surface area contributed by atoms with Crippen LogP contribution < -0.4 is 0 Å². The molecule has 0 radical (unpaired) electrons. The molecule has 0 spiro atoms. The smallest absolute Gasteiger partial charge is 0.435 e. The number of esters is 1. The van der Waals surface area contributed by atoms with Gasteiger partial charge in [0.25, 0.3) is 0 Å². The molecule has 0 heterocycles. The third-order valence-corrected chi connectivity index (χ3v) is 3.48. The molecule has 24 heavy (non-hydrogen) atoms. The Kier molecular flexibility index (Phi) is 6.91. The summed E-state index contributed by atoms with van der Waals surface area (Å²) >= 11 is 0. The molecule has 1 aromatic rings. The van der Waals surface area contributed by atoms with E-state index >= 15 is 0 Å². The number of amides is 1.